The van der Waals surface area contributed by atoms with Crippen molar-refractivity contribution in [2.24, 2.45) is 0 Å². The van der Waals surface area contributed by atoms with E-state index < -0.39 is 12.1 Å². The number of carbonyl (C=O) groups excluding carboxylic acids is 1. The molecule has 3 aromatic rings. The number of unbranched alkanes of at least 4 members (excludes halogenated alkanes) is 1. The van der Waals surface area contributed by atoms with E-state index in [1.165, 1.54) is 13.4 Å². The molecule has 0 bridgehead atoms. The van der Waals surface area contributed by atoms with Crippen molar-refractivity contribution in [2.45, 2.75) is 63.8 Å². The molecule has 0 aromatic heterocycles. The van der Waals surface area contributed by atoms with Crippen molar-refractivity contribution in [3.05, 3.63) is 102 Å². The maximum Gasteiger partial charge on any atom is 0.215 e. The van der Waals surface area contributed by atoms with Gasteiger partial charge in [-0.1, -0.05) is 86.1 Å². The molecule has 3 atom stereocenters. The molecule has 0 aliphatic rings. The van der Waals surface area contributed by atoms with Crippen LogP contribution in [0.2, 0.25) is 0 Å². The smallest absolute Gasteiger partial charge is 0.215 e. The summed E-state index contributed by atoms with van der Waals surface area (Å²) in [6.07, 6.45) is 3.49. The second-order valence-corrected chi connectivity index (χ2v) is 9.35. The monoisotopic (exact) mass is 486 g/mol. The zero-order valence-corrected chi connectivity index (χ0v) is 21.5. The van der Waals surface area contributed by atoms with E-state index in [0.717, 1.165) is 42.6 Å². The van der Waals surface area contributed by atoms with Crippen LogP contribution in [0, 0.1) is 0 Å². The Kier molecular flexibility index (Phi) is 11.6. The van der Waals surface area contributed by atoms with E-state index in [1.54, 1.807) is 0 Å². The van der Waals surface area contributed by atoms with Crippen LogP contribution in [-0.4, -0.2) is 43.6 Å². The number of aryl methyl sites for hydroxylation is 1. The first-order valence-corrected chi connectivity index (χ1v) is 13.0. The first-order valence-electron chi connectivity index (χ1n) is 13.0. The molecule has 36 heavy (non-hydrogen) atoms. The van der Waals surface area contributed by atoms with Crippen molar-refractivity contribution in [3.8, 4) is 5.75 Å². The summed E-state index contributed by atoms with van der Waals surface area (Å²) in [6.45, 7) is 3.46. The summed E-state index contributed by atoms with van der Waals surface area (Å²) in [5.74, 6) is 0.720. The molecule has 1 amide bonds. The van der Waals surface area contributed by atoms with Crippen molar-refractivity contribution in [1.82, 2.24) is 10.6 Å². The van der Waals surface area contributed by atoms with Crippen LogP contribution in [0.3, 0.4) is 0 Å². The molecular formula is C30H39BN2O3. The zero-order chi connectivity index (χ0) is 25.6. The quantitative estimate of drug-likeness (QED) is 0.222. The molecule has 3 N–H and O–H groups in total. The number of amides is 1. The van der Waals surface area contributed by atoms with Crippen molar-refractivity contribution in [2.75, 3.05) is 6.61 Å². The molecule has 0 radical (unpaired) electrons. The third-order valence-electron chi connectivity index (χ3n) is 6.33. The van der Waals surface area contributed by atoms with Crippen LogP contribution in [0.1, 0.15) is 42.9 Å². The average Bonchev–Trinajstić information content (AvgIpc) is 2.89. The van der Waals surface area contributed by atoms with Crippen LogP contribution in [0.4, 0.5) is 4.79 Å². The van der Waals surface area contributed by atoms with Gasteiger partial charge in [0.15, 0.2) is 5.81 Å². The predicted molar refractivity (Wildman–Crippen MR) is 149 cm³/mol. The van der Waals surface area contributed by atoms with Crippen molar-refractivity contribution < 1.29 is 14.6 Å². The van der Waals surface area contributed by atoms with Gasteiger partial charge in [0.05, 0.1) is 18.8 Å². The van der Waals surface area contributed by atoms with Gasteiger partial charge < -0.3 is 20.5 Å². The lowest BCUT2D eigenvalue weighted by Crippen LogP contribution is -2.53. The van der Waals surface area contributed by atoms with E-state index >= 15 is 0 Å². The maximum absolute atomic E-state index is 12.0. The van der Waals surface area contributed by atoms with E-state index in [-0.39, 0.29) is 11.8 Å². The SMILES string of the molecule is BC(=O)N[C@H](Cc1ccccc1)[C@H](O)[C@@H](CCc1ccccc1)NCc1cccc(OCCCC)c1. The molecular weight excluding hydrogens is 447 g/mol. The molecule has 0 saturated heterocycles. The van der Waals surface area contributed by atoms with Gasteiger partial charge in [0.25, 0.3) is 0 Å². The van der Waals surface area contributed by atoms with E-state index in [9.17, 15) is 9.90 Å². The van der Waals surface area contributed by atoms with Gasteiger partial charge in [-0.2, -0.15) is 0 Å². The fourth-order valence-corrected chi connectivity index (χ4v) is 4.36. The molecule has 0 fully saturated rings. The summed E-state index contributed by atoms with van der Waals surface area (Å²) < 4.78 is 5.87. The molecule has 0 spiro atoms. The zero-order valence-electron chi connectivity index (χ0n) is 21.5. The molecule has 0 aliphatic heterocycles. The molecule has 0 saturated carbocycles. The molecule has 0 unspecified atom stereocenters. The Morgan fingerprint density at radius 2 is 1.58 bits per heavy atom. The van der Waals surface area contributed by atoms with Gasteiger partial charge in [0, 0.05) is 12.6 Å². The lowest BCUT2D eigenvalue weighted by atomic mass is 9.91. The van der Waals surface area contributed by atoms with E-state index in [4.69, 9.17) is 4.74 Å². The van der Waals surface area contributed by atoms with Crippen LogP contribution in [0.15, 0.2) is 84.9 Å². The first kappa shape index (κ1) is 27.5. The molecule has 3 aromatic carbocycles. The van der Waals surface area contributed by atoms with Crippen LogP contribution in [0.5, 0.6) is 5.75 Å². The minimum atomic E-state index is -0.762. The molecule has 6 heteroatoms. The standard InChI is InChI=1S/C30H39BN2O3/c1-2-3-19-36-26-16-10-15-25(20-26)22-32-27(18-17-23-11-6-4-7-12-23)29(34)28(33-30(31)35)21-24-13-8-5-9-14-24/h4-16,20,27-29,32,34H,2-3,17-19,21-22,31H2,1H3,(H,33,35)/t27-,28-,29-/m1/s1. The Balaban J connectivity index is 1.73. The summed E-state index contributed by atoms with van der Waals surface area (Å²) in [5.41, 5.74) is 3.40. The fourth-order valence-electron chi connectivity index (χ4n) is 4.36. The third kappa shape index (κ3) is 9.52. The highest BCUT2D eigenvalue weighted by atomic mass is 16.5. The number of carbonyl (C=O) groups is 1. The Bertz CT molecular complexity index is 1030. The maximum atomic E-state index is 12.0. The average molecular weight is 486 g/mol. The Morgan fingerprint density at radius 1 is 0.917 bits per heavy atom. The number of hydrogen-bond donors (Lipinski definition) is 3. The summed E-state index contributed by atoms with van der Waals surface area (Å²) in [4.78, 5) is 12.0. The van der Waals surface area contributed by atoms with E-state index in [0.29, 0.717) is 19.6 Å². The van der Waals surface area contributed by atoms with Crippen molar-refractivity contribution in [1.29, 1.82) is 0 Å². The van der Waals surface area contributed by atoms with Crippen molar-refractivity contribution in [3.63, 3.8) is 0 Å². The lowest BCUT2D eigenvalue weighted by molar-refractivity contribution is 0.0862. The third-order valence-corrected chi connectivity index (χ3v) is 6.33. The molecule has 0 heterocycles. The number of aliphatic hydroxyl groups excluding tert-OH is 1. The minimum absolute atomic E-state index is 0.145. The molecule has 0 aliphatic carbocycles. The summed E-state index contributed by atoms with van der Waals surface area (Å²) >= 11 is 0. The highest BCUT2D eigenvalue weighted by molar-refractivity contribution is 6.57. The van der Waals surface area contributed by atoms with Gasteiger partial charge in [-0.15, -0.1) is 0 Å². The van der Waals surface area contributed by atoms with Crippen LogP contribution >= 0.6 is 0 Å². The fraction of sp³-hybridized carbons (Fsp3) is 0.367. The number of rotatable bonds is 15. The van der Waals surface area contributed by atoms with Crippen LogP contribution < -0.4 is 15.4 Å². The highest BCUT2D eigenvalue weighted by Crippen LogP contribution is 2.17. The summed E-state index contributed by atoms with van der Waals surface area (Å²) in [5, 5.41) is 18.1. The lowest BCUT2D eigenvalue weighted by Gasteiger charge is -2.32. The minimum Gasteiger partial charge on any atom is -0.494 e. The van der Waals surface area contributed by atoms with Gasteiger partial charge in [-0.05, 0) is 54.5 Å². The number of aliphatic hydroxyl groups is 1. The van der Waals surface area contributed by atoms with Gasteiger partial charge in [0.1, 0.15) is 5.75 Å². The Hall–Kier alpha value is -3.09. The Morgan fingerprint density at radius 3 is 2.25 bits per heavy atom. The van der Waals surface area contributed by atoms with E-state index in [2.05, 4.69) is 41.8 Å². The highest BCUT2D eigenvalue weighted by Gasteiger charge is 2.28. The number of ether oxygens (including phenoxy) is 1. The van der Waals surface area contributed by atoms with Crippen LogP contribution in [0.25, 0.3) is 0 Å². The summed E-state index contributed by atoms with van der Waals surface area (Å²) in [6, 6.07) is 27.8. The normalized spacial score (nSPS) is 13.5. The molecule has 190 valence electrons. The van der Waals surface area contributed by atoms with Gasteiger partial charge in [0.2, 0.25) is 7.85 Å². The number of nitrogens with one attached hydrogen (secondary N) is 2. The van der Waals surface area contributed by atoms with Crippen LogP contribution in [-0.2, 0) is 19.4 Å². The number of benzene rings is 3. The van der Waals surface area contributed by atoms with Gasteiger partial charge >= 0.3 is 0 Å². The predicted octanol–water partition coefficient (Wildman–Crippen LogP) is 4.27. The molecule has 3 rings (SSSR count). The molecule has 5 nitrogen and oxygen atoms in total. The van der Waals surface area contributed by atoms with Gasteiger partial charge in [-0.3, -0.25) is 4.79 Å². The Labute approximate surface area is 216 Å². The second-order valence-electron chi connectivity index (χ2n) is 9.35. The first-order chi connectivity index (χ1) is 17.5. The number of hydrogen-bond acceptors (Lipinski definition) is 4. The van der Waals surface area contributed by atoms with Crippen molar-refractivity contribution >= 4 is 13.7 Å². The largest absolute Gasteiger partial charge is 0.494 e. The second kappa shape index (κ2) is 15.1. The van der Waals surface area contributed by atoms with E-state index in [1.807, 2.05) is 60.7 Å². The topological polar surface area (TPSA) is 70.6 Å². The summed E-state index contributed by atoms with van der Waals surface area (Å²) in [7, 11) is 1.50. The van der Waals surface area contributed by atoms with Gasteiger partial charge in [-0.25, -0.2) is 0 Å².